The van der Waals surface area contributed by atoms with Crippen LogP contribution in [0.4, 0.5) is 0 Å². The first-order valence-electron chi connectivity index (χ1n) is 5.04. The third-order valence-corrected chi connectivity index (χ3v) is 2.61. The molecule has 0 unspecified atom stereocenters. The van der Waals surface area contributed by atoms with Gasteiger partial charge in [-0.2, -0.15) is 0 Å². The Balaban J connectivity index is 2.65. The van der Waals surface area contributed by atoms with Crippen LogP contribution in [-0.4, -0.2) is 59.1 Å². The van der Waals surface area contributed by atoms with Gasteiger partial charge in [0.25, 0.3) is 5.91 Å². The van der Waals surface area contributed by atoms with Gasteiger partial charge in [-0.15, -0.1) is 0 Å². The molecule has 1 atom stereocenters. The maximum Gasteiger partial charge on any atom is 0.254 e. The smallest absolute Gasteiger partial charge is 0.254 e. The van der Waals surface area contributed by atoms with Crippen LogP contribution in [0.3, 0.4) is 0 Å². The average molecular weight is 200 g/mol. The van der Waals surface area contributed by atoms with Crippen molar-refractivity contribution in [2.45, 2.75) is 32.4 Å². The molecule has 1 N–H and O–H groups in total. The predicted molar refractivity (Wildman–Crippen MR) is 55.0 cm³/mol. The Kier molecular flexibility index (Phi) is 3.17. The first-order chi connectivity index (χ1) is 6.32. The first-order valence-corrected chi connectivity index (χ1v) is 5.04. The van der Waals surface area contributed by atoms with E-state index in [1.165, 1.54) is 0 Å². The molecule has 4 heteroatoms. The zero-order chi connectivity index (χ0) is 10.9. The monoisotopic (exact) mass is 200 g/mol. The van der Waals surface area contributed by atoms with Crippen LogP contribution in [0.15, 0.2) is 0 Å². The van der Waals surface area contributed by atoms with Crippen LogP contribution >= 0.6 is 0 Å². The molecule has 4 nitrogen and oxygen atoms in total. The van der Waals surface area contributed by atoms with Crippen molar-refractivity contribution in [1.82, 2.24) is 9.80 Å². The lowest BCUT2D eigenvalue weighted by atomic mass is 10.1. The second-order valence-electron chi connectivity index (χ2n) is 4.67. The minimum Gasteiger partial charge on any atom is -0.381 e. The van der Waals surface area contributed by atoms with Gasteiger partial charge in [0.1, 0.15) is 5.60 Å². The van der Waals surface area contributed by atoms with Crippen LogP contribution in [0, 0.1) is 0 Å². The molecule has 82 valence electrons. The van der Waals surface area contributed by atoms with E-state index < -0.39 is 5.60 Å². The zero-order valence-electron chi connectivity index (χ0n) is 9.45. The summed E-state index contributed by atoms with van der Waals surface area (Å²) in [4.78, 5) is 15.8. The molecule has 1 aliphatic heterocycles. The molecule has 1 rings (SSSR count). The lowest BCUT2D eigenvalue weighted by Gasteiger charge is -2.40. The van der Waals surface area contributed by atoms with Crippen molar-refractivity contribution < 1.29 is 9.90 Å². The van der Waals surface area contributed by atoms with Crippen LogP contribution < -0.4 is 0 Å². The molecule has 1 aliphatic rings. The molecule has 0 aromatic carbocycles. The molecular formula is C10H20N2O2. The number of hydrogen-bond acceptors (Lipinski definition) is 3. The van der Waals surface area contributed by atoms with Crippen LogP contribution in [-0.2, 0) is 4.79 Å². The summed E-state index contributed by atoms with van der Waals surface area (Å²) in [6.07, 6.45) is 0. The van der Waals surface area contributed by atoms with Crippen molar-refractivity contribution in [3.05, 3.63) is 0 Å². The lowest BCUT2D eigenvalue weighted by molar-refractivity contribution is -0.152. The number of hydrogen-bond donors (Lipinski definition) is 1. The summed E-state index contributed by atoms with van der Waals surface area (Å²) in [5.41, 5.74) is -1.25. The Hall–Kier alpha value is -0.610. The number of likely N-dealkylation sites (N-methyl/N-ethyl adjacent to an activating group) is 1. The van der Waals surface area contributed by atoms with Crippen molar-refractivity contribution in [3.63, 3.8) is 0 Å². The number of amides is 1. The SMILES string of the molecule is C[C@H]1CN(C)CCN1C(=O)C(C)(C)O. The molecule has 1 heterocycles. The Morgan fingerprint density at radius 2 is 2.00 bits per heavy atom. The molecule has 0 aromatic heterocycles. The van der Waals surface area contributed by atoms with E-state index >= 15 is 0 Å². The quantitative estimate of drug-likeness (QED) is 0.644. The fourth-order valence-electron chi connectivity index (χ4n) is 1.79. The van der Waals surface area contributed by atoms with Gasteiger partial charge >= 0.3 is 0 Å². The number of nitrogens with zero attached hydrogens (tertiary/aromatic N) is 2. The molecule has 0 saturated carbocycles. The molecule has 1 amide bonds. The highest BCUT2D eigenvalue weighted by Crippen LogP contribution is 2.14. The maximum absolute atomic E-state index is 11.8. The van der Waals surface area contributed by atoms with Crippen molar-refractivity contribution in [2.24, 2.45) is 0 Å². The summed E-state index contributed by atoms with van der Waals surface area (Å²) < 4.78 is 0. The van der Waals surface area contributed by atoms with Crippen molar-refractivity contribution in [2.75, 3.05) is 26.7 Å². The van der Waals surface area contributed by atoms with Crippen molar-refractivity contribution in [3.8, 4) is 0 Å². The molecule has 0 bridgehead atoms. The molecule has 0 aliphatic carbocycles. The van der Waals surface area contributed by atoms with E-state index in [0.717, 1.165) is 13.1 Å². The summed E-state index contributed by atoms with van der Waals surface area (Å²) in [6.45, 7) is 7.56. The minimum atomic E-state index is -1.25. The summed E-state index contributed by atoms with van der Waals surface area (Å²) >= 11 is 0. The van der Waals surface area contributed by atoms with Gasteiger partial charge in [0, 0.05) is 25.7 Å². The molecule has 0 spiro atoms. The van der Waals surface area contributed by atoms with E-state index in [-0.39, 0.29) is 11.9 Å². The summed E-state index contributed by atoms with van der Waals surface area (Å²) in [5, 5.41) is 9.62. The predicted octanol–water partition coefficient (Wildman–Crippen LogP) is -0.0802. The molecule has 0 aromatic rings. The first kappa shape index (κ1) is 11.5. The van der Waals surface area contributed by atoms with Crippen LogP contribution in [0.25, 0.3) is 0 Å². The summed E-state index contributed by atoms with van der Waals surface area (Å²) in [7, 11) is 2.04. The third kappa shape index (κ3) is 2.45. The Morgan fingerprint density at radius 3 is 2.43 bits per heavy atom. The zero-order valence-corrected chi connectivity index (χ0v) is 9.45. The molecule has 14 heavy (non-hydrogen) atoms. The second kappa shape index (κ2) is 3.87. The Morgan fingerprint density at radius 1 is 1.43 bits per heavy atom. The molecule has 1 fully saturated rings. The normalized spacial score (nSPS) is 25.2. The molecule has 1 saturated heterocycles. The fourth-order valence-corrected chi connectivity index (χ4v) is 1.79. The van der Waals surface area contributed by atoms with E-state index in [0.29, 0.717) is 6.54 Å². The highest BCUT2D eigenvalue weighted by Gasteiger charge is 2.34. The van der Waals surface area contributed by atoms with Gasteiger partial charge in [0.15, 0.2) is 0 Å². The number of aliphatic hydroxyl groups is 1. The van der Waals surface area contributed by atoms with Crippen molar-refractivity contribution in [1.29, 1.82) is 0 Å². The van der Waals surface area contributed by atoms with Gasteiger partial charge in [-0.1, -0.05) is 0 Å². The standard InChI is InChI=1S/C10H20N2O2/c1-8-7-11(4)5-6-12(8)9(13)10(2,3)14/h8,14H,5-7H2,1-4H3/t8-/m0/s1. The maximum atomic E-state index is 11.8. The van der Waals surface area contributed by atoms with E-state index in [1.807, 2.05) is 14.0 Å². The van der Waals surface area contributed by atoms with E-state index in [9.17, 15) is 9.90 Å². The van der Waals surface area contributed by atoms with Crippen molar-refractivity contribution >= 4 is 5.91 Å². The van der Waals surface area contributed by atoms with Gasteiger partial charge in [-0.05, 0) is 27.8 Å². The number of carbonyl (C=O) groups is 1. The second-order valence-corrected chi connectivity index (χ2v) is 4.67. The number of piperazine rings is 1. The number of rotatable bonds is 1. The highest BCUT2D eigenvalue weighted by molar-refractivity contribution is 5.84. The minimum absolute atomic E-state index is 0.168. The van der Waals surface area contributed by atoms with E-state index in [1.54, 1.807) is 18.7 Å². The van der Waals surface area contributed by atoms with Crippen LogP contribution in [0.1, 0.15) is 20.8 Å². The molecular weight excluding hydrogens is 180 g/mol. The third-order valence-electron chi connectivity index (χ3n) is 2.61. The van der Waals surface area contributed by atoms with Crippen LogP contribution in [0.2, 0.25) is 0 Å². The van der Waals surface area contributed by atoms with E-state index in [4.69, 9.17) is 0 Å². The summed E-state index contributed by atoms with van der Waals surface area (Å²) in [5.74, 6) is -0.168. The van der Waals surface area contributed by atoms with Gasteiger partial charge in [-0.25, -0.2) is 0 Å². The highest BCUT2D eigenvalue weighted by atomic mass is 16.3. The molecule has 0 radical (unpaired) electrons. The van der Waals surface area contributed by atoms with E-state index in [2.05, 4.69) is 4.90 Å². The topological polar surface area (TPSA) is 43.8 Å². The summed E-state index contributed by atoms with van der Waals surface area (Å²) in [6, 6.07) is 0.188. The van der Waals surface area contributed by atoms with Crippen LogP contribution in [0.5, 0.6) is 0 Å². The number of carbonyl (C=O) groups excluding carboxylic acids is 1. The van der Waals surface area contributed by atoms with Gasteiger partial charge in [0.05, 0.1) is 0 Å². The lowest BCUT2D eigenvalue weighted by Crippen LogP contribution is -2.57. The average Bonchev–Trinajstić information content (AvgIpc) is 2.01. The van der Waals surface area contributed by atoms with Gasteiger partial charge in [0.2, 0.25) is 0 Å². The van der Waals surface area contributed by atoms with Gasteiger partial charge < -0.3 is 14.9 Å². The fraction of sp³-hybridized carbons (Fsp3) is 0.900. The van der Waals surface area contributed by atoms with Gasteiger partial charge in [-0.3, -0.25) is 4.79 Å². The Bertz CT molecular complexity index is 223. The largest absolute Gasteiger partial charge is 0.381 e. The Labute approximate surface area is 85.5 Å².